The molecule has 3 rings (SSSR count). The lowest BCUT2D eigenvalue weighted by Gasteiger charge is -2.30. The molecule has 3 atom stereocenters. The second-order valence-electron chi connectivity index (χ2n) is 6.48. The summed E-state index contributed by atoms with van der Waals surface area (Å²) in [5, 5.41) is 5.94. The summed E-state index contributed by atoms with van der Waals surface area (Å²) in [4.78, 5) is 12.2. The fourth-order valence-corrected chi connectivity index (χ4v) is 3.16. The summed E-state index contributed by atoms with van der Waals surface area (Å²) in [6.07, 6.45) is 4.48. The van der Waals surface area contributed by atoms with Crippen LogP contribution in [0.5, 0.6) is 0 Å². The number of rotatable bonds is 4. The highest BCUT2D eigenvalue weighted by Crippen LogP contribution is 2.38. The number of urea groups is 1. The van der Waals surface area contributed by atoms with Crippen molar-refractivity contribution in [3.05, 3.63) is 34.6 Å². The summed E-state index contributed by atoms with van der Waals surface area (Å²) < 4.78 is 19.3. The van der Waals surface area contributed by atoms with Crippen LogP contribution >= 0.6 is 11.6 Å². The number of carbonyl (C=O) groups excluding carboxylic acids is 1. The number of hydrogen-bond acceptors (Lipinski definition) is 2. The van der Waals surface area contributed by atoms with Crippen LogP contribution in [0.4, 0.5) is 9.18 Å². The van der Waals surface area contributed by atoms with Gasteiger partial charge in [0.05, 0.1) is 17.2 Å². The van der Waals surface area contributed by atoms with Crippen molar-refractivity contribution >= 4 is 17.6 Å². The van der Waals surface area contributed by atoms with Gasteiger partial charge in [0.1, 0.15) is 5.82 Å². The van der Waals surface area contributed by atoms with Crippen LogP contribution in [0.2, 0.25) is 5.02 Å². The minimum atomic E-state index is -0.477. The number of hydrogen-bond donors (Lipinski definition) is 2. The smallest absolute Gasteiger partial charge is 0.315 e. The number of halogens is 2. The summed E-state index contributed by atoms with van der Waals surface area (Å²) in [7, 11) is 0. The van der Waals surface area contributed by atoms with E-state index in [1.807, 2.05) is 6.92 Å². The topological polar surface area (TPSA) is 50.4 Å². The molecule has 2 N–H and O–H groups in total. The van der Waals surface area contributed by atoms with E-state index in [0.717, 1.165) is 12.8 Å². The highest BCUT2D eigenvalue weighted by Gasteiger charge is 2.36. The third kappa shape index (κ3) is 4.36. The zero-order valence-electron chi connectivity index (χ0n) is 13.1. The van der Waals surface area contributed by atoms with Crippen molar-refractivity contribution in [1.82, 2.24) is 10.6 Å². The van der Waals surface area contributed by atoms with Gasteiger partial charge in [-0.15, -0.1) is 0 Å². The van der Waals surface area contributed by atoms with E-state index in [1.54, 1.807) is 6.07 Å². The molecule has 4 nitrogen and oxygen atoms in total. The van der Waals surface area contributed by atoms with Crippen molar-refractivity contribution in [1.29, 1.82) is 0 Å². The zero-order chi connectivity index (χ0) is 16.4. The van der Waals surface area contributed by atoms with E-state index >= 15 is 0 Å². The highest BCUT2D eigenvalue weighted by atomic mass is 35.5. The average molecular weight is 341 g/mol. The standard InChI is InChI=1S/C17H22ClFN2O2/c1-10(12-4-5-14(18)15(19)8-12)20-17(22)21-13-6-7-23-16(9-13)11-2-3-11/h4-5,8,10-11,13,16H,2-3,6-7,9H2,1H3,(H2,20,21,22)/t10-,13-,16+/m0/s1. The molecule has 1 saturated heterocycles. The van der Waals surface area contributed by atoms with Crippen LogP contribution in [-0.2, 0) is 4.74 Å². The Morgan fingerprint density at radius 2 is 2.17 bits per heavy atom. The molecule has 2 fully saturated rings. The molecule has 126 valence electrons. The number of ether oxygens (including phenoxy) is 1. The van der Waals surface area contributed by atoms with Gasteiger partial charge < -0.3 is 15.4 Å². The number of nitrogens with one attached hydrogen (secondary N) is 2. The predicted molar refractivity (Wildman–Crippen MR) is 87.0 cm³/mol. The summed E-state index contributed by atoms with van der Waals surface area (Å²) in [6, 6.07) is 4.19. The lowest BCUT2D eigenvalue weighted by Crippen LogP contribution is -2.47. The molecule has 0 unspecified atom stereocenters. The molecule has 1 aliphatic heterocycles. The molecule has 2 amide bonds. The molecule has 1 aromatic rings. The molecule has 0 bridgehead atoms. The van der Waals surface area contributed by atoms with Gasteiger partial charge in [-0.1, -0.05) is 17.7 Å². The first kappa shape index (κ1) is 16.5. The molecule has 23 heavy (non-hydrogen) atoms. The third-order valence-corrected chi connectivity index (χ3v) is 4.90. The zero-order valence-corrected chi connectivity index (χ0v) is 13.9. The minimum absolute atomic E-state index is 0.0822. The van der Waals surface area contributed by atoms with Crippen molar-refractivity contribution in [2.75, 3.05) is 6.61 Å². The van der Waals surface area contributed by atoms with Gasteiger partial charge in [0.25, 0.3) is 0 Å². The van der Waals surface area contributed by atoms with Crippen LogP contribution in [0.15, 0.2) is 18.2 Å². The van der Waals surface area contributed by atoms with Crippen molar-refractivity contribution in [3.8, 4) is 0 Å². The second-order valence-corrected chi connectivity index (χ2v) is 6.89. The van der Waals surface area contributed by atoms with Crippen molar-refractivity contribution < 1.29 is 13.9 Å². The number of amides is 2. The molecular formula is C17H22ClFN2O2. The highest BCUT2D eigenvalue weighted by molar-refractivity contribution is 6.30. The summed E-state index contributed by atoms with van der Waals surface area (Å²) >= 11 is 5.68. The van der Waals surface area contributed by atoms with E-state index in [2.05, 4.69) is 10.6 Å². The van der Waals surface area contributed by atoms with Gasteiger partial charge in [-0.2, -0.15) is 0 Å². The predicted octanol–water partition coefficient (Wildman–Crippen LogP) is 3.80. The van der Waals surface area contributed by atoms with E-state index in [9.17, 15) is 9.18 Å². The van der Waals surface area contributed by atoms with E-state index in [1.165, 1.54) is 25.0 Å². The second kappa shape index (κ2) is 7.05. The normalized spacial score (nSPS) is 25.7. The van der Waals surface area contributed by atoms with Gasteiger partial charge in [-0.25, -0.2) is 9.18 Å². The largest absolute Gasteiger partial charge is 0.378 e. The monoisotopic (exact) mass is 340 g/mol. The fraction of sp³-hybridized carbons (Fsp3) is 0.588. The van der Waals surface area contributed by atoms with Gasteiger partial charge in [0.15, 0.2) is 0 Å². The first-order valence-corrected chi connectivity index (χ1v) is 8.54. The first-order chi connectivity index (χ1) is 11.0. The molecular weight excluding hydrogens is 319 g/mol. The summed E-state index contributed by atoms with van der Waals surface area (Å²) in [5.41, 5.74) is 0.685. The van der Waals surface area contributed by atoms with Gasteiger partial charge in [-0.05, 0) is 56.2 Å². The van der Waals surface area contributed by atoms with Gasteiger partial charge in [0.2, 0.25) is 0 Å². The molecule has 1 saturated carbocycles. The van der Waals surface area contributed by atoms with E-state index < -0.39 is 5.82 Å². The molecule has 0 radical (unpaired) electrons. The van der Waals surface area contributed by atoms with Crippen molar-refractivity contribution in [3.63, 3.8) is 0 Å². The Labute approximate surface area is 140 Å². The Hall–Kier alpha value is -1.33. The maximum Gasteiger partial charge on any atom is 0.315 e. The molecule has 2 aliphatic rings. The quantitative estimate of drug-likeness (QED) is 0.876. The van der Waals surface area contributed by atoms with Gasteiger partial charge >= 0.3 is 6.03 Å². The fourth-order valence-electron chi connectivity index (χ4n) is 3.04. The van der Waals surface area contributed by atoms with Gasteiger partial charge in [-0.3, -0.25) is 0 Å². The maximum atomic E-state index is 13.5. The Kier molecular flexibility index (Phi) is 5.07. The Balaban J connectivity index is 1.50. The number of carbonyl (C=O) groups is 1. The summed E-state index contributed by atoms with van der Waals surface area (Å²) in [5.74, 6) is 0.202. The Morgan fingerprint density at radius 3 is 2.87 bits per heavy atom. The van der Waals surface area contributed by atoms with E-state index in [-0.39, 0.29) is 29.2 Å². The third-order valence-electron chi connectivity index (χ3n) is 4.59. The van der Waals surface area contributed by atoms with E-state index in [4.69, 9.17) is 16.3 Å². The van der Waals surface area contributed by atoms with Crippen LogP contribution in [0.25, 0.3) is 0 Å². The molecule has 1 aromatic carbocycles. The maximum absolute atomic E-state index is 13.5. The van der Waals surface area contributed by atoms with Crippen LogP contribution in [0, 0.1) is 11.7 Å². The van der Waals surface area contributed by atoms with Gasteiger partial charge in [0, 0.05) is 12.6 Å². The minimum Gasteiger partial charge on any atom is -0.378 e. The molecule has 1 aliphatic carbocycles. The molecule has 0 aromatic heterocycles. The van der Waals surface area contributed by atoms with Crippen LogP contribution < -0.4 is 10.6 Å². The van der Waals surface area contributed by atoms with Crippen LogP contribution in [0.3, 0.4) is 0 Å². The molecule has 1 heterocycles. The number of benzene rings is 1. The molecule has 0 spiro atoms. The average Bonchev–Trinajstić information content (AvgIpc) is 3.35. The van der Waals surface area contributed by atoms with E-state index in [0.29, 0.717) is 18.1 Å². The Morgan fingerprint density at radius 1 is 1.39 bits per heavy atom. The SMILES string of the molecule is C[C@H](NC(=O)N[C@H]1CCO[C@@H](C2CC2)C1)c1ccc(Cl)c(F)c1. The van der Waals surface area contributed by atoms with Crippen LogP contribution in [-0.4, -0.2) is 24.8 Å². The van der Waals surface area contributed by atoms with Crippen molar-refractivity contribution in [2.45, 2.75) is 50.8 Å². The lowest BCUT2D eigenvalue weighted by atomic mass is 10.0. The Bertz CT molecular complexity index is 580. The molecule has 6 heteroatoms. The first-order valence-electron chi connectivity index (χ1n) is 8.16. The lowest BCUT2D eigenvalue weighted by molar-refractivity contribution is -0.00917. The van der Waals surface area contributed by atoms with Crippen molar-refractivity contribution in [2.24, 2.45) is 5.92 Å². The van der Waals surface area contributed by atoms with Crippen LogP contribution in [0.1, 0.15) is 44.2 Å². The summed E-state index contributed by atoms with van der Waals surface area (Å²) in [6.45, 7) is 2.52.